The van der Waals surface area contributed by atoms with E-state index in [0.29, 0.717) is 11.1 Å². The van der Waals surface area contributed by atoms with Gasteiger partial charge >= 0.3 is 17.9 Å². The summed E-state index contributed by atoms with van der Waals surface area (Å²) in [4.78, 5) is 39.8. The molecule has 0 radical (unpaired) electrons. The minimum Gasteiger partial charge on any atom is -0.458 e. The molecule has 150 valence electrons. The molecule has 0 aromatic carbocycles. The van der Waals surface area contributed by atoms with E-state index in [0.717, 1.165) is 0 Å². The molecule has 0 aromatic rings. The summed E-state index contributed by atoms with van der Waals surface area (Å²) in [5.74, 6) is -1.89. The van der Waals surface area contributed by atoms with Crippen molar-refractivity contribution in [1.29, 1.82) is 0 Å². The Labute approximate surface area is 158 Å². The summed E-state index contributed by atoms with van der Waals surface area (Å²) in [6, 6.07) is 0. The molecular weight excluding hydrogens is 356 g/mol. The fourth-order valence-corrected chi connectivity index (χ4v) is 3.66. The number of hydrogen-bond donors (Lipinski definition) is 1. The molecule has 8 heteroatoms. The van der Waals surface area contributed by atoms with Crippen LogP contribution in [0.1, 0.15) is 47.0 Å². The van der Waals surface area contributed by atoms with Crippen molar-refractivity contribution in [3.05, 3.63) is 23.8 Å². The smallest absolute Gasteiger partial charge is 0.334 e. The number of carbonyl (C=O) groups excluding carboxylic acids is 3. The molecule has 27 heavy (non-hydrogen) atoms. The van der Waals surface area contributed by atoms with Gasteiger partial charge < -0.3 is 14.2 Å². The Hall–Kier alpha value is -2.19. The zero-order valence-electron chi connectivity index (χ0n) is 16.0. The van der Waals surface area contributed by atoms with Gasteiger partial charge in [0, 0.05) is 38.2 Å². The fourth-order valence-electron chi connectivity index (χ4n) is 3.66. The van der Waals surface area contributed by atoms with Crippen LogP contribution in [-0.2, 0) is 33.5 Å². The third-order valence-electron chi connectivity index (χ3n) is 4.95. The van der Waals surface area contributed by atoms with E-state index in [1.54, 1.807) is 19.9 Å². The third-order valence-corrected chi connectivity index (χ3v) is 4.95. The molecule has 0 amide bonds. The maximum absolute atomic E-state index is 12.0. The van der Waals surface area contributed by atoms with Gasteiger partial charge in [-0.05, 0) is 31.9 Å². The molecule has 0 saturated carbocycles. The van der Waals surface area contributed by atoms with Crippen molar-refractivity contribution in [1.82, 2.24) is 0 Å². The Bertz CT molecular complexity index is 667. The first kappa shape index (κ1) is 21.1. The van der Waals surface area contributed by atoms with Crippen LogP contribution in [-0.4, -0.2) is 47.1 Å². The highest BCUT2D eigenvalue weighted by Gasteiger charge is 2.46. The van der Waals surface area contributed by atoms with E-state index in [9.17, 15) is 19.6 Å². The molecule has 5 atom stereocenters. The molecule has 1 heterocycles. The average Bonchev–Trinajstić information content (AvgIpc) is 2.79. The summed E-state index contributed by atoms with van der Waals surface area (Å²) in [5.41, 5.74) is -0.175. The van der Waals surface area contributed by atoms with Crippen molar-refractivity contribution in [3.8, 4) is 0 Å². The number of ether oxygens (including phenoxy) is 3. The molecule has 1 saturated heterocycles. The summed E-state index contributed by atoms with van der Waals surface area (Å²) in [6.07, 6.45) is 0.298. The quantitative estimate of drug-likeness (QED) is 0.198. The van der Waals surface area contributed by atoms with Crippen LogP contribution in [0, 0.1) is 5.92 Å². The second kappa shape index (κ2) is 8.22. The normalized spacial score (nSPS) is 36.1. The molecule has 0 bridgehead atoms. The largest absolute Gasteiger partial charge is 0.458 e. The van der Waals surface area contributed by atoms with Crippen molar-refractivity contribution in [2.45, 2.75) is 70.9 Å². The summed E-state index contributed by atoms with van der Waals surface area (Å²) in [7, 11) is 0. The highest BCUT2D eigenvalue weighted by Crippen LogP contribution is 2.40. The molecule has 8 nitrogen and oxygen atoms in total. The Balaban J connectivity index is 2.46. The molecular formula is C19H26O8. The van der Waals surface area contributed by atoms with Crippen molar-refractivity contribution in [2.24, 2.45) is 5.92 Å². The van der Waals surface area contributed by atoms with Crippen LogP contribution >= 0.6 is 0 Å². The minimum absolute atomic E-state index is 0.125. The zero-order chi connectivity index (χ0) is 20.4. The number of fused-ring (bicyclic) bond motifs is 1. The Morgan fingerprint density at radius 2 is 1.89 bits per heavy atom. The van der Waals surface area contributed by atoms with Crippen LogP contribution in [0.25, 0.3) is 0 Å². The lowest BCUT2D eigenvalue weighted by atomic mass is 9.80. The number of rotatable bonds is 3. The van der Waals surface area contributed by atoms with Crippen LogP contribution in [0.15, 0.2) is 23.8 Å². The Morgan fingerprint density at radius 3 is 2.44 bits per heavy atom. The van der Waals surface area contributed by atoms with E-state index in [1.165, 1.54) is 13.8 Å². The summed E-state index contributed by atoms with van der Waals surface area (Å²) >= 11 is 0. The number of hydrogen-bond acceptors (Lipinski definition) is 8. The highest BCUT2D eigenvalue weighted by molar-refractivity contribution is 5.90. The highest BCUT2D eigenvalue weighted by atomic mass is 17.1. The second-order valence-electron chi connectivity index (χ2n) is 7.42. The van der Waals surface area contributed by atoms with E-state index >= 15 is 0 Å². The van der Waals surface area contributed by atoms with Gasteiger partial charge in [-0.3, -0.25) is 14.8 Å². The van der Waals surface area contributed by atoms with Crippen molar-refractivity contribution in [3.63, 3.8) is 0 Å². The van der Waals surface area contributed by atoms with Gasteiger partial charge in [-0.15, -0.1) is 0 Å². The second-order valence-corrected chi connectivity index (χ2v) is 7.42. The maximum atomic E-state index is 12.0. The van der Waals surface area contributed by atoms with Gasteiger partial charge in [0.05, 0.1) is 0 Å². The van der Waals surface area contributed by atoms with Crippen LogP contribution in [0.2, 0.25) is 0 Å². The molecule has 0 aromatic heterocycles. The van der Waals surface area contributed by atoms with Gasteiger partial charge in [0.2, 0.25) is 0 Å². The van der Waals surface area contributed by atoms with E-state index in [-0.39, 0.29) is 19.3 Å². The fraction of sp³-hybridized carbons (Fsp3) is 0.632. The summed E-state index contributed by atoms with van der Waals surface area (Å²) in [6.45, 7) is 9.78. The molecule has 2 rings (SSSR count). The lowest BCUT2D eigenvalue weighted by molar-refractivity contribution is -0.328. The van der Waals surface area contributed by atoms with Crippen molar-refractivity contribution in [2.75, 3.05) is 0 Å². The Morgan fingerprint density at radius 1 is 1.26 bits per heavy atom. The van der Waals surface area contributed by atoms with E-state index in [2.05, 4.69) is 6.58 Å². The molecule has 1 aliphatic heterocycles. The van der Waals surface area contributed by atoms with E-state index in [4.69, 9.17) is 19.1 Å². The van der Waals surface area contributed by atoms with Gasteiger partial charge in [-0.1, -0.05) is 6.58 Å². The van der Waals surface area contributed by atoms with E-state index in [1.807, 2.05) is 0 Å². The first-order valence-corrected chi connectivity index (χ1v) is 8.79. The first-order chi connectivity index (χ1) is 12.5. The molecule has 1 fully saturated rings. The molecule has 0 spiro atoms. The summed E-state index contributed by atoms with van der Waals surface area (Å²) < 4.78 is 16.2. The molecule has 1 N–H and O–H groups in total. The number of carbonyl (C=O) groups is 3. The van der Waals surface area contributed by atoms with Gasteiger partial charge in [0.1, 0.15) is 23.9 Å². The van der Waals surface area contributed by atoms with Gasteiger partial charge in [0.25, 0.3) is 0 Å². The minimum atomic E-state index is -1.13. The average molecular weight is 382 g/mol. The van der Waals surface area contributed by atoms with Crippen molar-refractivity contribution < 1.29 is 38.7 Å². The van der Waals surface area contributed by atoms with Crippen LogP contribution < -0.4 is 0 Å². The lowest BCUT2D eigenvalue weighted by Gasteiger charge is -2.34. The standard InChI is InChI=1S/C19H26O8/c1-10-6-14(24-12(3)20)8-19(5,27-23)9-17-15(11(2)18(22)26-17)7-16(10)25-13(4)21/h6,14-17,23H,2,7-9H2,1,3-5H3/b10-6-/t14-,15?,16-,17-,19+/m0/s1. The van der Waals surface area contributed by atoms with Crippen molar-refractivity contribution >= 4 is 17.9 Å². The predicted octanol–water partition coefficient (Wildman–Crippen LogP) is 2.33. The maximum Gasteiger partial charge on any atom is 0.334 e. The molecule has 1 aliphatic carbocycles. The third kappa shape index (κ3) is 5.17. The zero-order valence-corrected chi connectivity index (χ0v) is 16.0. The number of esters is 3. The molecule has 1 unspecified atom stereocenters. The lowest BCUT2D eigenvalue weighted by Crippen LogP contribution is -2.40. The van der Waals surface area contributed by atoms with Crippen LogP contribution in [0.3, 0.4) is 0 Å². The Kier molecular flexibility index (Phi) is 6.43. The first-order valence-electron chi connectivity index (χ1n) is 8.79. The van der Waals surface area contributed by atoms with E-state index < -0.39 is 47.7 Å². The predicted molar refractivity (Wildman–Crippen MR) is 93.3 cm³/mol. The molecule has 2 aliphatic rings. The van der Waals surface area contributed by atoms with Crippen LogP contribution in [0.5, 0.6) is 0 Å². The van der Waals surface area contributed by atoms with Crippen LogP contribution in [0.4, 0.5) is 0 Å². The van der Waals surface area contributed by atoms with Gasteiger partial charge in [-0.2, -0.15) is 0 Å². The topological polar surface area (TPSA) is 108 Å². The SMILES string of the molecule is C=C1C(=O)O[C@H]2C[C@](C)(OO)C[C@@H](OC(C)=O)/C=C(/C)[C@@H](OC(C)=O)CC12. The monoisotopic (exact) mass is 382 g/mol. The van der Waals surface area contributed by atoms with Gasteiger partial charge in [0.15, 0.2) is 0 Å². The summed E-state index contributed by atoms with van der Waals surface area (Å²) in [5, 5.41) is 9.48. The van der Waals surface area contributed by atoms with Gasteiger partial charge in [-0.25, -0.2) is 9.68 Å².